The first-order valence-electron chi connectivity index (χ1n) is 6.67. The molecule has 0 atom stereocenters. The second-order valence-electron chi connectivity index (χ2n) is 4.93. The molecule has 0 fully saturated rings. The van der Waals surface area contributed by atoms with Gasteiger partial charge in [0.1, 0.15) is 0 Å². The molecule has 0 saturated heterocycles. The molecule has 0 aliphatic heterocycles. The van der Waals surface area contributed by atoms with Gasteiger partial charge in [-0.2, -0.15) is 5.10 Å². The molecule has 110 valence electrons. The van der Waals surface area contributed by atoms with Crippen LogP contribution in [-0.2, 0) is 13.1 Å². The highest BCUT2D eigenvalue weighted by Crippen LogP contribution is 2.30. The number of hydrogen-bond acceptors (Lipinski definition) is 1. The standard InChI is InChI=1S/C15H14BrCl2N3/c1-3-21-14(15(16)9(2)19-21)8-20-5-4-11-12(18)6-10(17)7-13(11)20/h4-7H,3,8H2,1-2H3. The van der Waals surface area contributed by atoms with Crippen LogP contribution in [0.4, 0.5) is 0 Å². The summed E-state index contributed by atoms with van der Waals surface area (Å²) in [6.45, 7) is 5.64. The SMILES string of the molecule is CCn1nc(C)c(Br)c1Cn1ccc2c(Cl)cc(Cl)cc21. The summed E-state index contributed by atoms with van der Waals surface area (Å²) in [7, 11) is 0. The fourth-order valence-corrected chi connectivity index (χ4v) is 3.49. The van der Waals surface area contributed by atoms with Gasteiger partial charge >= 0.3 is 0 Å². The van der Waals surface area contributed by atoms with Crippen molar-refractivity contribution in [3.8, 4) is 0 Å². The van der Waals surface area contributed by atoms with Gasteiger partial charge in [-0.1, -0.05) is 23.2 Å². The van der Waals surface area contributed by atoms with Gasteiger partial charge in [-0.15, -0.1) is 0 Å². The van der Waals surface area contributed by atoms with Gasteiger partial charge in [0.05, 0.1) is 32.9 Å². The first-order chi connectivity index (χ1) is 10.0. The highest BCUT2D eigenvalue weighted by molar-refractivity contribution is 9.10. The zero-order valence-corrected chi connectivity index (χ0v) is 14.8. The lowest BCUT2D eigenvalue weighted by molar-refractivity contribution is 0.601. The average Bonchev–Trinajstić information content (AvgIpc) is 2.95. The fourth-order valence-electron chi connectivity index (χ4n) is 2.54. The minimum Gasteiger partial charge on any atom is -0.341 e. The zero-order valence-electron chi connectivity index (χ0n) is 11.7. The monoisotopic (exact) mass is 385 g/mol. The Bertz CT molecular complexity index is 820. The maximum Gasteiger partial charge on any atom is 0.0739 e. The topological polar surface area (TPSA) is 22.8 Å². The number of rotatable bonds is 3. The molecule has 6 heteroatoms. The summed E-state index contributed by atoms with van der Waals surface area (Å²) in [5, 5.41) is 6.86. The normalized spacial score (nSPS) is 11.5. The van der Waals surface area contributed by atoms with Crippen LogP contribution in [0.1, 0.15) is 18.3 Å². The van der Waals surface area contributed by atoms with E-state index >= 15 is 0 Å². The minimum atomic E-state index is 0.645. The first kappa shape index (κ1) is 14.9. The van der Waals surface area contributed by atoms with Crippen LogP contribution in [0.25, 0.3) is 10.9 Å². The van der Waals surface area contributed by atoms with Crippen LogP contribution in [0, 0.1) is 6.92 Å². The zero-order chi connectivity index (χ0) is 15.1. The lowest BCUT2D eigenvalue weighted by atomic mass is 10.2. The Hall–Kier alpha value is -0.970. The lowest BCUT2D eigenvalue weighted by Gasteiger charge is -2.09. The fraction of sp³-hybridized carbons (Fsp3) is 0.267. The van der Waals surface area contributed by atoms with Crippen molar-refractivity contribution in [3.05, 3.63) is 50.3 Å². The number of halogens is 3. The van der Waals surface area contributed by atoms with E-state index in [2.05, 4.69) is 32.5 Å². The Morgan fingerprint density at radius 1 is 1.29 bits per heavy atom. The molecule has 0 unspecified atom stereocenters. The first-order valence-corrected chi connectivity index (χ1v) is 8.21. The van der Waals surface area contributed by atoms with Gasteiger partial charge in [-0.3, -0.25) is 4.68 Å². The van der Waals surface area contributed by atoms with Crippen molar-refractivity contribution < 1.29 is 0 Å². The molecule has 0 N–H and O–H groups in total. The van der Waals surface area contributed by atoms with E-state index in [1.165, 1.54) is 0 Å². The van der Waals surface area contributed by atoms with E-state index in [1.807, 2.05) is 29.9 Å². The predicted octanol–water partition coefficient (Wildman–Crippen LogP) is 5.28. The molecule has 0 saturated carbocycles. The summed E-state index contributed by atoms with van der Waals surface area (Å²) in [5.41, 5.74) is 3.17. The van der Waals surface area contributed by atoms with E-state index in [0.29, 0.717) is 10.0 Å². The van der Waals surface area contributed by atoms with Crippen molar-refractivity contribution in [2.24, 2.45) is 0 Å². The van der Waals surface area contributed by atoms with Crippen molar-refractivity contribution in [2.75, 3.05) is 0 Å². The molecule has 0 radical (unpaired) electrons. The second kappa shape index (κ2) is 5.67. The van der Waals surface area contributed by atoms with E-state index in [-0.39, 0.29) is 0 Å². The smallest absolute Gasteiger partial charge is 0.0739 e. The van der Waals surface area contributed by atoms with Crippen LogP contribution in [0.2, 0.25) is 10.0 Å². The number of benzene rings is 1. The summed E-state index contributed by atoms with van der Waals surface area (Å²) in [4.78, 5) is 0. The van der Waals surface area contributed by atoms with Gasteiger partial charge in [-0.05, 0) is 48.0 Å². The number of aryl methyl sites for hydroxylation is 2. The molecule has 2 heterocycles. The Morgan fingerprint density at radius 3 is 2.76 bits per heavy atom. The molecule has 0 spiro atoms. The van der Waals surface area contributed by atoms with Gasteiger partial charge in [0.15, 0.2) is 0 Å². The highest BCUT2D eigenvalue weighted by atomic mass is 79.9. The predicted molar refractivity (Wildman–Crippen MR) is 91.4 cm³/mol. The summed E-state index contributed by atoms with van der Waals surface area (Å²) < 4.78 is 5.21. The summed E-state index contributed by atoms with van der Waals surface area (Å²) in [6.07, 6.45) is 2.03. The molecule has 0 aliphatic carbocycles. The summed E-state index contributed by atoms with van der Waals surface area (Å²) in [5.74, 6) is 0. The van der Waals surface area contributed by atoms with Crippen LogP contribution in [0.15, 0.2) is 28.9 Å². The Labute approximate surface area is 141 Å². The van der Waals surface area contributed by atoms with Crippen molar-refractivity contribution in [3.63, 3.8) is 0 Å². The maximum absolute atomic E-state index is 6.25. The molecule has 3 aromatic rings. The number of hydrogen-bond donors (Lipinski definition) is 0. The quantitative estimate of drug-likeness (QED) is 0.600. The van der Waals surface area contributed by atoms with Crippen LogP contribution in [-0.4, -0.2) is 14.3 Å². The van der Waals surface area contributed by atoms with E-state index in [1.54, 1.807) is 6.07 Å². The molecular weight excluding hydrogens is 373 g/mol. The number of nitrogens with zero attached hydrogens (tertiary/aromatic N) is 3. The van der Waals surface area contributed by atoms with Crippen molar-refractivity contribution in [1.29, 1.82) is 0 Å². The third kappa shape index (κ3) is 2.60. The van der Waals surface area contributed by atoms with Crippen molar-refractivity contribution >= 4 is 50.0 Å². The lowest BCUT2D eigenvalue weighted by Crippen LogP contribution is -2.07. The van der Waals surface area contributed by atoms with E-state index < -0.39 is 0 Å². The van der Waals surface area contributed by atoms with Crippen LogP contribution in [0.5, 0.6) is 0 Å². The Kier molecular flexibility index (Phi) is 4.04. The largest absolute Gasteiger partial charge is 0.341 e. The molecule has 0 aliphatic rings. The molecule has 0 amide bonds. The van der Waals surface area contributed by atoms with Gasteiger partial charge in [-0.25, -0.2) is 0 Å². The van der Waals surface area contributed by atoms with E-state index in [0.717, 1.165) is 39.9 Å². The third-order valence-corrected chi connectivity index (χ3v) is 5.14. The number of fused-ring (bicyclic) bond motifs is 1. The van der Waals surface area contributed by atoms with Crippen LogP contribution in [0.3, 0.4) is 0 Å². The number of aromatic nitrogens is 3. The van der Waals surface area contributed by atoms with Gasteiger partial charge in [0.2, 0.25) is 0 Å². The van der Waals surface area contributed by atoms with Crippen LogP contribution < -0.4 is 0 Å². The third-order valence-electron chi connectivity index (χ3n) is 3.58. The molecule has 21 heavy (non-hydrogen) atoms. The molecule has 1 aromatic carbocycles. The van der Waals surface area contributed by atoms with E-state index in [9.17, 15) is 0 Å². The van der Waals surface area contributed by atoms with Gasteiger partial charge in [0.25, 0.3) is 0 Å². The summed E-state index contributed by atoms with van der Waals surface area (Å²) >= 11 is 16.0. The molecule has 0 bridgehead atoms. The molecular formula is C15H14BrCl2N3. The second-order valence-corrected chi connectivity index (χ2v) is 6.56. The average molecular weight is 387 g/mol. The van der Waals surface area contributed by atoms with Gasteiger partial charge < -0.3 is 4.57 Å². The molecule has 2 aromatic heterocycles. The van der Waals surface area contributed by atoms with Crippen LogP contribution >= 0.6 is 39.1 Å². The maximum atomic E-state index is 6.25. The molecule has 3 rings (SSSR count). The Balaban J connectivity index is 2.11. The van der Waals surface area contributed by atoms with Crippen molar-refractivity contribution in [1.82, 2.24) is 14.3 Å². The van der Waals surface area contributed by atoms with Gasteiger partial charge in [0, 0.05) is 23.2 Å². The molecule has 3 nitrogen and oxygen atoms in total. The van der Waals surface area contributed by atoms with Crippen molar-refractivity contribution in [2.45, 2.75) is 26.9 Å². The van der Waals surface area contributed by atoms with E-state index in [4.69, 9.17) is 23.2 Å². The summed E-state index contributed by atoms with van der Waals surface area (Å²) in [6, 6.07) is 5.73. The Morgan fingerprint density at radius 2 is 2.05 bits per heavy atom. The highest BCUT2D eigenvalue weighted by Gasteiger charge is 2.14. The minimum absolute atomic E-state index is 0.645.